The minimum atomic E-state index is -0.471. The zero-order chi connectivity index (χ0) is 14.8. The Labute approximate surface area is 129 Å². The molecule has 0 unspecified atom stereocenters. The van der Waals surface area contributed by atoms with E-state index in [1.807, 2.05) is 24.3 Å². The maximum absolute atomic E-state index is 13.9. The van der Waals surface area contributed by atoms with Gasteiger partial charge in [-0.15, -0.1) is 0 Å². The van der Waals surface area contributed by atoms with Crippen LogP contribution in [0.1, 0.15) is 5.56 Å². The van der Waals surface area contributed by atoms with Gasteiger partial charge in [-0.1, -0.05) is 34.1 Å². The molecule has 0 aliphatic heterocycles. The highest BCUT2D eigenvalue weighted by Gasteiger charge is 2.11. The molecule has 0 aliphatic carbocycles. The van der Waals surface area contributed by atoms with Crippen molar-refractivity contribution in [3.8, 4) is 11.6 Å². The van der Waals surface area contributed by atoms with Crippen LogP contribution >= 0.6 is 15.9 Å². The zero-order valence-corrected chi connectivity index (χ0v) is 12.5. The lowest BCUT2D eigenvalue weighted by Crippen LogP contribution is -1.95. The fraction of sp³-hybridized carbons (Fsp3) is 0.0625. The number of nitrogens with zero attached hydrogens (tertiary/aromatic N) is 1. The number of benzene rings is 2. The molecule has 21 heavy (non-hydrogen) atoms. The number of ether oxygens (including phenoxy) is 1. The standard InChI is InChI=1S/C16H11BrFNO2/c17-11-5-6-15(14(18)7-11)21-16-13-4-2-1-3-12(13)10(9-20)8-19-16/h1-8,20H,9H2. The summed E-state index contributed by atoms with van der Waals surface area (Å²) in [6.45, 7) is -0.111. The fourth-order valence-corrected chi connectivity index (χ4v) is 2.43. The van der Waals surface area contributed by atoms with Gasteiger partial charge in [0.2, 0.25) is 5.88 Å². The highest BCUT2D eigenvalue weighted by Crippen LogP contribution is 2.31. The third kappa shape index (κ3) is 2.75. The Kier molecular flexibility index (Phi) is 3.86. The molecular weight excluding hydrogens is 337 g/mol. The molecule has 0 radical (unpaired) electrons. The lowest BCUT2D eigenvalue weighted by molar-refractivity contribution is 0.282. The quantitative estimate of drug-likeness (QED) is 0.762. The predicted octanol–water partition coefficient (Wildman–Crippen LogP) is 4.42. The average Bonchev–Trinajstić information content (AvgIpc) is 2.50. The highest BCUT2D eigenvalue weighted by molar-refractivity contribution is 9.10. The van der Waals surface area contributed by atoms with Crippen molar-refractivity contribution < 1.29 is 14.2 Å². The van der Waals surface area contributed by atoms with Gasteiger partial charge in [0, 0.05) is 21.6 Å². The maximum atomic E-state index is 13.9. The van der Waals surface area contributed by atoms with Crippen LogP contribution in [0.25, 0.3) is 10.8 Å². The zero-order valence-electron chi connectivity index (χ0n) is 10.9. The van der Waals surface area contributed by atoms with E-state index < -0.39 is 5.82 Å². The van der Waals surface area contributed by atoms with Crippen LogP contribution in [0, 0.1) is 5.82 Å². The van der Waals surface area contributed by atoms with E-state index in [0.717, 1.165) is 10.8 Å². The van der Waals surface area contributed by atoms with Crippen LogP contribution in [0.2, 0.25) is 0 Å². The van der Waals surface area contributed by atoms with Gasteiger partial charge < -0.3 is 9.84 Å². The number of aliphatic hydroxyl groups excluding tert-OH is 1. The third-order valence-corrected chi connectivity index (χ3v) is 3.61. The average molecular weight is 348 g/mol. The van der Waals surface area contributed by atoms with Crippen LogP contribution in [-0.4, -0.2) is 10.1 Å². The van der Waals surface area contributed by atoms with Crippen molar-refractivity contribution >= 4 is 26.7 Å². The summed E-state index contributed by atoms with van der Waals surface area (Å²) in [5.74, 6) is -0.0573. The Balaban J connectivity index is 2.09. The molecule has 1 N–H and O–H groups in total. The van der Waals surface area contributed by atoms with Crippen molar-refractivity contribution in [3.63, 3.8) is 0 Å². The first kappa shape index (κ1) is 14.0. The molecule has 0 amide bonds. The summed E-state index contributed by atoms with van der Waals surface area (Å²) in [5.41, 5.74) is 0.703. The SMILES string of the molecule is OCc1cnc(Oc2ccc(Br)cc2F)c2ccccc12. The number of aliphatic hydroxyl groups is 1. The molecule has 5 heteroatoms. The van der Waals surface area contributed by atoms with Crippen LogP contribution in [0.15, 0.2) is 53.1 Å². The number of hydrogen-bond donors (Lipinski definition) is 1. The van der Waals surface area contributed by atoms with Crippen molar-refractivity contribution in [3.05, 3.63) is 64.5 Å². The molecule has 2 aromatic carbocycles. The van der Waals surface area contributed by atoms with Gasteiger partial charge in [0.15, 0.2) is 11.6 Å². The molecule has 1 heterocycles. The number of aromatic nitrogens is 1. The fourth-order valence-electron chi connectivity index (χ4n) is 2.09. The summed E-state index contributed by atoms with van der Waals surface area (Å²) in [7, 11) is 0. The van der Waals surface area contributed by atoms with Crippen molar-refractivity contribution in [2.45, 2.75) is 6.61 Å². The van der Waals surface area contributed by atoms with Gasteiger partial charge in [-0.05, 0) is 29.7 Å². The Hall–Kier alpha value is -1.98. The number of hydrogen-bond acceptors (Lipinski definition) is 3. The Morgan fingerprint density at radius 2 is 1.90 bits per heavy atom. The summed E-state index contributed by atoms with van der Waals surface area (Å²) < 4.78 is 20.1. The molecule has 3 rings (SSSR count). The first-order valence-electron chi connectivity index (χ1n) is 6.29. The predicted molar refractivity (Wildman–Crippen MR) is 81.8 cm³/mol. The van der Waals surface area contributed by atoms with Gasteiger partial charge in [-0.25, -0.2) is 9.37 Å². The summed E-state index contributed by atoms with van der Waals surface area (Å²) in [4.78, 5) is 4.18. The molecule has 0 saturated heterocycles. The van der Waals surface area contributed by atoms with E-state index in [1.165, 1.54) is 18.3 Å². The normalized spacial score (nSPS) is 10.8. The van der Waals surface area contributed by atoms with Gasteiger partial charge in [0.1, 0.15) is 0 Å². The van der Waals surface area contributed by atoms with E-state index in [0.29, 0.717) is 15.9 Å². The Morgan fingerprint density at radius 3 is 2.62 bits per heavy atom. The Bertz CT molecular complexity index is 807. The van der Waals surface area contributed by atoms with E-state index in [9.17, 15) is 9.50 Å². The summed E-state index contributed by atoms with van der Waals surface area (Å²) in [5, 5.41) is 10.9. The highest BCUT2D eigenvalue weighted by atomic mass is 79.9. The van der Waals surface area contributed by atoms with Crippen molar-refractivity contribution in [1.29, 1.82) is 0 Å². The van der Waals surface area contributed by atoms with E-state index in [4.69, 9.17) is 4.74 Å². The van der Waals surface area contributed by atoms with Crippen LogP contribution in [0.4, 0.5) is 4.39 Å². The molecule has 0 aliphatic rings. The molecule has 1 aromatic heterocycles. The molecule has 0 atom stereocenters. The van der Waals surface area contributed by atoms with Crippen LogP contribution in [0.3, 0.4) is 0 Å². The van der Waals surface area contributed by atoms with E-state index in [1.54, 1.807) is 6.07 Å². The molecule has 0 saturated carbocycles. The molecule has 0 spiro atoms. The van der Waals surface area contributed by atoms with Crippen molar-refractivity contribution in [1.82, 2.24) is 4.98 Å². The van der Waals surface area contributed by atoms with Gasteiger partial charge in [0.05, 0.1) is 6.61 Å². The second-order valence-corrected chi connectivity index (χ2v) is 5.38. The number of pyridine rings is 1. The minimum Gasteiger partial charge on any atom is -0.435 e. The molecule has 0 fully saturated rings. The van der Waals surface area contributed by atoms with E-state index >= 15 is 0 Å². The number of fused-ring (bicyclic) bond motifs is 1. The van der Waals surface area contributed by atoms with Crippen LogP contribution in [0.5, 0.6) is 11.6 Å². The largest absolute Gasteiger partial charge is 0.435 e. The monoisotopic (exact) mass is 347 g/mol. The molecule has 0 bridgehead atoms. The Morgan fingerprint density at radius 1 is 1.14 bits per heavy atom. The van der Waals surface area contributed by atoms with Crippen molar-refractivity contribution in [2.24, 2.45) is 0 Å². The first-order valence-corrected chi connectivity index (χ1v) is 7.08. The van der Waals surface area contributed by atoms with Gasteiger partial charge in [0.25, 0.3) is 0 Å². The van der Waals surface area contributed by atoms with Crippen molar-refractivity contribution in [2.75, 3.05) is 0 Å². The summed E-state index contributed by atoms with van der Waals surface area (Å²) in [6.07, 6.45) is 1.54. The topological polar surface area (TPSA) is 42.4 Å². The van der Waals surface area contributed by atoms with E-state index in [2.05, 4.69) is 20.9 Å². The number of rotatable bonds is 3. The maximum Gasteiger partial charge on any atom is 0.227 e. The lowest BCUT2D eigenvalue weighted by atomic mass is 10.1. The summed E-state index contributed by atoms with van der Waals surface area (Å²) >= 11 is 3.20. The van der Waals surface area contributed by atoms with E-state index in [-0.39, 0.29) is 12.4 Å². The van der Waals surface area contributed by atoms with Crippen LogP contribution in [-0.2, 0) is 6.61 Å². The molecular formula is C16H11BrFNO2. The molecule has 3 nitrogen and oxygen atoms in total. The molecule has 106 valence electrons. The van der Waals surface area contributed by atoms with Gasteiger partial charge in [-0.3, -0.25) is 0 Å². The number of halogens is 2. The molecule has 3 aromatic rings. The second-order valence-electron chi connectivity index (χ2n) is 4.47. The summed E-state index contributed by atoms with van der Waals surface area (Å²) in [6, 6.07) is 12.0. The smallest absolute Gasteiger partial charge is 0.227 e. The third-order valence-electron chi connectivity index (χ3n) is 3.11. The van der Waals surface area contributed by atoms with Gasteiger partial charge >= 0.3 is 0 Å². The van der Waals surface area contributed by atoms with Gasteiger partial charge in [-0.2, -0.15) is 0 Å². The van der Waals surface area contributed by atoms with Crippen LogP contribution < -0.4 is 4.74 Å². The first-order chi connectivity index (χ1) is 10.2. The lowest BCUT2D eigenvalue weighted by Gasteiger charge is -2.10. The second kappa shape index (κ2) is 5.79. The minimum absolute atomic E-state index is 0.104.